The van der Waals surface area contributed by atoms with E-state index in [0.29, 0.717) is 104 Å². The molecule has 5 N–H and O–H groups in total. The average Bonchev–Trinajstić information content (AvgIpc) is 4.25. The van der Waals surface area contributed by atoms with Gasteiger partial charge in [0.15, 0.2) is 5.43 Å². The number of fused-ring (bicyclic) bond motifs is 2. The Morgan fingerprint density at radius 3 is 1.68 bits per heavy atom. The molecule has 2 amide bonds. The van der Waals surface area contributed by atoms with Gasteiger partial charge in [-0.1, -0.05) is 57.0 Å². The lowest BCUT2D eigenvalue weighted by molar-refractivity contribution is -0.138. The van der Waals surface area contributed by atoms with Crippen LogP contribution in [0.5, 0.6) is 5.75 Å². The third-order valence-corrected chi connectivity index (χ3v) is 14.6. The Morgan fingerprint density at radius 2 is 1.18 bits per heavy atom. The zero-order valence-electron chi connectivity index (χ0n) is 43.5. The van der Waals surface area contributed by atoms with Crippen LogP contribution in [-0.4, -0.2) is 157 Å². The SMILES string of the molecule is CC[C@H](C)[C@@H](C(=O)N1CCN(c2nc(Nc3ccc(-c4c5ccc(=O)cc-5oc5cc(O)ccc45)c(C(=O)O)c3)nc(N3CCN(C(=O)[C@H]([C@@H](C)CC)n4cc(CCC(=O)O)nn4)CC3)n2)CC1)n1cc(CCC(=O)O)nn1. The third kappa shape index (κ3) is 11.7. The summed E-state index contributed by atoms with van der Waals surface area (Å²) < 4.78 is 9.07. The Labute approximate surface area is 446 Å². The molecule has 0 bridgehead atoms. The number of rotatable bonds is 20. The fraction of sp³-hybridized carbons (Fsp3) is 0.415. The van der Waals surface area contributed by atoms with Crippen molar-refractivity contribution in [3.63, 3.8) is 0 Å². The Hall–Kier alpha value is -9.03. The van der Waals surface area contributed by atoms with Crippen LogP contribution in [0.15, 0.2) is 76.2 Å². The van der Waals surface area contributed by atoms with E-state index in [1.165, 1.54) is 39.7 Å². The molecule has 9 rings (SSSR count). The van der Waals surface area contributed by atoms with Crippen molar-refractivity contribution < 1.29 is 48.8 Å². The summed E-state index contributed by atoms with van der Waals surface area (Å²) in [4.78, 5) is 98.8. The predicted molar refractivity (Wildman–Crippen MR) is 283 cm³/mol. The van der Waals surface area contributed by atoms with Gasteiger partial charge in [0.25, 0.3) is 0 Å². The number of aromatic hydroxyl groups is 1. The second-order valence-corrected chi connectivity index (χ2v) is 19.7. The number of aromatic carboxylic acids is 1. The molecule has 408 valence electrons. The third-order valence-electron chi connectivity index (χ3n) is 14.6. The zero-order chi connectivity index (χ0) is 55.4. The van der Waals surface area contributed by atoms with Crippen LogP contribution < -0.4 is 20.5 Å². The number of benzene rings is 3. The van der Waals surface area contributed by atoms with Gasteiger partial charge in [0.2, 0.25) is 29.7 Å². The van der Waals surface area contributed by atoms with E-state index in [1.54, 1.807) is 46.5 Å². The Bertz CT molecular complexity index is 3280. The number of piperazine rings is 2. The molecule has 6 heterocycles. The molecule has 78 heavy (non-hydrogen) atoms. The first-order valence-corrected chi connectivity index (χ1v) is 25.9. The van der Waals surface area contributed by atoms with Crippen LogP contribution in [0.25, 0.3) is 33.4 Å². The molecule has 5 aromatic rings. The fourth-order valence-electron chi connectivity index (χ4n) is 9.89. The number of carbonyl (C=O) groups excluding carboxylic acids is 2. The van der Waals surface area contributed by atoms with Gasteiger partial charge in [-0.3, -0.25) is 24.0 Å². The van der Waals surface area contributed by atoms with E-state index in [-0.39, 0.29) is 95.3 Å². The number of carboxylic acid groups (broad SMARTS) is 3. The maximum atomic E-state index is 14.3. The minimum Gasteiger partial charge on any atom is -0.508 e. The number of aromatic nitrogens is 9. The maximum absolute atomic E-state index is 14.3. The van der Waals surface area contributed by atoms with Crippen molar-refractivity contribution in [3.05, 3.63) is 94.2 Å². The lowest BCUT2D eigenvalue weighted by atomic mass is 9.90. The molecule has 0 saturated carbocycles. The van der Waals surface area contributed by atoms with E-state index in [0.717, 1.165) is 0 Å². The van der Waals surface area contributed by atoms with Crippen LogP contribution in [0, 0.1) is 11.8 Å². The lowest BCUT2D eigenvalue weighted by Gasteiger charge is -2.38. The number of carboxylic acids is 3. The summed E-state index contributed by atoms with van der Waals surface area (Å²) in [6, 6.07) is 12.2. The van der Waals surface area contributed by atoms with Crippen LogP contribution in [0.2, 0.25) is 0 Å². The molecule has 25 heteroatoms. The molecule has 3 aliphatic heterocycles. The normalized spacial score (nSPS) is 15.5. The molecular formula is C53H60N14O11. The van der Waals surface area contributed by atoms with Crippen LogP contribution in [0.1, 0.15) is 87.2 Å². The summed E-state index contributed by atoms with van der Waals surface area (Å²) in [5, 5.41) is 60.0. The molecule has 25 nitrogen and oxygen atoms in total. The first-order valence-electron chi connectivity index (χ1n) is 25.9. The first kappa shape index (κ1) is 53.8. The molecule has 4 atom stereocenters. The van der Waals surface area contributed by atoms with E-state index in [1.807, 2.05) is 37.5 Å². The van der Waals surface area contributed by atoms with Crippen LogP contribution in [0.4, 0.5) is 23.5 Å². The van der Waals surface area contributed by atoms with E-state index in [4.69, 9.17) is 19.4 Å². The number of aliphatic carboxylic acids is 2. The minimum absolute atomic E-state index is 0.0802. The number of phenols is 1. The number of nitrogens with zero attached hydrogens (tertiary/aromatic N) is 13. The number of carbonyl (C=O) groups is 5. The van der Waals surface area contributed by atoms with Crippen molar-refractivity contribution in [1.82, 2.24) is 54.7 Å². The quantitative estimate of drug-likeness (QED) is 0.0628. The Morgan fingerprint density at radius 1 is 0.654 bits per heavy atom. The molecule has 0 unspecified atom stereocenters. The Kier molecular flexibility index (Phi) is 15.9. The van der Waals surface area contributed by atoms with Gasteiger partial charge in [-0.2, -0.15) is 15.0 Å². The highest BCUT2D eigenvalue weighted by atomic mass is 16.4. The molecule has 2 aromatic carbocycles. The van der Waals surface area contributed by atoms with Gasteiger partial charge in [-0.05, 0) is 53.8 Å². The summed E-state index contributed by atoms with van der Waals surface area (Å²) in [5.41, 5.74) is 2.38. The number of phenolic OH excluding ortho intramolecular Hbond substituents is 1. The first-order chi connectivity index (χ1) is 37.5. The topological polar surface area (TPSA) is 322 Å². The van der Waals surface area contributed by atoms with Gasteiger partial charge in [-0.15, -0.1) is 10.2 Å². The highest BCUT2D eigenvalue weighted by molar-refractivity contribution is 6.08. The number of anilines is 4. The average molecular weight is 1070 g/mol. The summed E-state index contributed by atoms with van der Waals surface area (Å²) in [5.74, 6) is -2.92. The second kappa shape index (κ2) is 23.1. The molecule has 2 fully saturated rings. The smallest absolute Gasteiger partial charge is 0.336 e. The number of hydrogen-bond acceptors (Lipinski definition) is 18. The summed E-state index contributed by atoms with van der Waals surface area (Å²) in [7, 11) is 0. The summed E-state index contributed by atoms with van der Waals surface area (Å²) in [6.45, 7) is 10.4. The number of hydrogen-bond donors (Lipinski definition) is 5. The highest BCUT2D eigenvalue weighted by Gasteiger charge is 2.36. The summed E-state index contributed by atoms with van der Waals surface area (Å²) in [6.07, 6.45) is 4.75. The van der Waals surface area contributed by atoms with Crippen molar-refractivity contribution in [2.24, 2.45) is 11.8 Å². The van der Waals surface area contributed by atoms with E-state index >= 15 is 0 Å². The highest BCUT2D eigenvalue weighted by Crippen LogP contribution is 2.43. The number of amides is 2. The molecule has 4 aliphatic rings. The number of nitrogens with one attached hydrogen (secondary N) is 1. The van der Waals surface area contributed by atoms with Crippen molar-refractivity contribution in [1.29, 1.82) is 0 Å². The predicted octanol–water partition coefficient (Wildman–Crippen LogP) is 4.99. The standard InChI is InChI=1S/C53H60N14O11/c1-5-30(3)46(66-28-33(58-60-66)8-15-43(70)71)48(74)62-17-21-64(22-18-62)52-55-51(56-53(57-52)65-23-19-63(20-24-65)49(75)47(31(4)6-2)67-29-34(59-61-67)9-16-44(72)73)54-32-7-12-37(40(25-32)50(76)77)45-38-13-10-35(68)26-41(38)78-42-27-36(69)11-14-39(42)45/h7,10-14,25-31,46-47,68H,5-6,8-9,15-24H2,1-4H3,(H,70,71)(H,72,73)(H,76,77)(H,54,55,56,57)/t30-,31-,46-,47-/m0/s1. The van der Waals surface area contributed by atoms with E-state index in [2.05, 4.69) is 25.9 Å². The maximum Gasteiger partial charge on any atom is 0.336 e. The zero-order valence-corrected chi connectivity index (χ0v) is 43.5. The van der Waals surface area contributed by atoms with Gasteiger partial charge in [0.05, 0.1) is 29.8 Å². The minimum atomic E-state index is -1.25. The molecule has 0 spiro atoms. The Balaban J connectivity index is 1.00. The van der Waals surface area contributed by atoms with Gasteiger partial charge < -0.3 is 49.8 Å². The van der Waals surface area contributed by atoms with Crippen molar-refractivity contribution >= 4 is 64.2 Å². The molecule has 2 saturated heterocycles. The van der Waals surface area contributed by atoms with Gasteiger partial charge >= 0.3 is 17.9 Å². The number of aryl methyl sites for hydroxylation is 2. The molecule has 1 aliphatic carbocycles. The van der Waals surface area contributed by atoms with Gasteiger partial charge in [0, 0.05) is 112 Å². The monoisotopic (exact) mass is 1070 g/mol. The van der Waals surface area contributed by atoms with Crippen LogP contribution in [-0.2, 0) is 32.0 Å². The summed E-state index contributed by atoms with van der Waals surface area (Å²) >= 11 is 0. The van der Waals surface area contributed by atoms with Gasteiger partial charge in [0.1, 0.15) is 29.2 Å². The van der Waals surface area contributed by atoms with Crippen molar-refractivity contribution in [2.75, 3.05) is 67.5 Å². The fourth-order valence-corrected chi connectivity index (χ4v) is 9.89. The van der Waals surface area contributed by atoms with Crippen molar-refractivity contribution in [3.8, 4) is 28.2 Å². The van der Waals surface area contributed by atoms with Crippen LogP contribution >= 0.6 is 0 Å². The molecule has 0 radical (unpaired) electrons. The van der Waals surface area contributed by atoms with Gasteiger partial charge in [-0.25, -0.2) is 14.2 Å². The van der Waals surface area contributed by atoms with Crippen LogP contribution in [0.3, 0.4) is 0 Å². The lowest BCUT2D eigenvalue weighted by Crippen LogP contribution is -2.52. The molecule has 3 aromatic heterocycles. The van der Waals surface area contributed by atoms with E-state index < -0.39 is 30.0 Å². The van der Waals surface area contributed by atoms with E-state index in [9.17, 15) is 49.2 Å². The second-order valence-electron chi connectivity index (χ2n) is 19.7. The van der Waals surface area contributed by atoms with Crippen molar-refractivity contribution in [2.45, 2.75) is 78.3 Å². The largest absolute Gasteiger partial charge is 0.508 e. The molecular weight excluding hydrogens is 1010 g/mol.